The maximum Gasteiger partial charge on any atom is 0.243 e. The summed E-state index contributed by atoms with van der Waals surface area (Å²) in [6, 6.07) is 8.71. The Morgan fingerprint density at radius 1 is 1.12 bits per heavy atom. The average molecular weight is 386 g/mol. The molecule has 0 saturated carbocycles. The molecule has 0 atom stereocenters. The molecule has 5 nitrogen and oxygen atoms in total. The minimum absolute atomic E-state index is 0.0432. The lowest BCUT2D eigenvalue weighted by atomic mass is 10.2. The van der Waals surface area contributed by atoms with Crippen LogP contribution in [0.3, 0.4) is 0 Å². The van der Waals surface area contributed by atoms with Gasteiger partial charge >= 0.3 is 0 Å². The van der Waals surface area contributed by atoms with E-state index in [1.807, 2.05) is 0 Å². The molecule has 134 valence electrons. The Labute approximate surface area is 151 Å². The van der Waals surface area contributed by atoms with Gasteiger partial charge in [-0.05, 0) is 35.9 Å². The zero-order chi connectivity index (χ0) is 18.0. The number of rotatable bonds is 5. The van der Waals surface area contributed by atoms with E-state index in [-0.39, 0.29) is 23.0 Å². The van der Waals surface area contributed by atoms with Gasteiger partial charge in [0, 0.05) is 13.1 Å². The molecule has 0 N–H and O–H groups in total. The predicted octanol–water partition coefficient (Wildman–Crippen LogP) is 3.46. The van der Waals surface area contributed by atoms with Gasteiger partial charge in [0.15, 0.2) is 11.5 Å². The van der Waals surface area contributed by atoms with Crippen molar-refractivity contribution < 1.29 is 22.3 Å². The minimum atomic E-state index is -3.80. The number of hydrogen-bond donors (Lipinski definition) is 0. The second kappa shape index (κ2) is 7.19. The Morgan fingerprint density at radius 2 is 1.84 bits per heavy atom. The molecule has 8 heteroatoms. The molecule has 1 heterocycles. The van der Waals surface area contributed by atoms with Gasteiger partial charge in [0.25, 0.3) is 0 Å². The maximum absolute atomic E-state index is 13.3. The molecular formula is C17H17ClFNO4S. The van der Waals surface area contributed by atoms with E-state index < -0.39 is 15.8 Å². The summed E-state index contributed by atoms with van der Waals surface area (Å²) in [6.45, 7) is 3.10. The number of benzene rings is 2. The Morgan fingerprint density at radius 3 is 2.52 bits per heavy atom. The van der Waals surface area contributed by atoms with Crippen LogP contribution in [0.5, 0.6) is 11.5 Å². The smallest absolute Gasteiger partial charge is 0.243 e. The Bertz CT molecular complexity index is 888. The molecule has 3 rings (SSSR count). The average Bonchev–Trinajstić information content (AvgIpc) is 2.61. The molecule has 2 aromatic carbocycles. The maximum atomic E-state index is 13.3. The van der Waals surface area contributed by atoms with E-state index in [4.69, 9.17) is 21.1 Å². The second-order valence-electron chi connectivity index (χ2n) is 5.49. The number of ether oxygens (including phenoxy) is 2. The van der Waals surface area contributed by atoms with Crippen molar-refractivity contribution in [1.82, 2.24) is 4.31 Å². The standard InChI is InChI=1S/C17H17ClFNO4S/c1-2-20(25(21,22)13-4-5-15(19)14(18)10-13)11-12-3-6-16-17(9-12)24-8-7-23-16/h3-6,9-10H,2,7-8,11H2,1H3. The Hall–Kier alpha value is -1.83. The molecule has 2 aromatic rings. The fraction of sp³-hybridized carbons (Fsp3) is 0.294. The third-order valence-corrected chi connectivity index (χ3v) is 6.05. The summed E-state index contributed by atoms with van der Waals surface area (Å²) in [6.07, 6.45) is 0. The lowest BCUT2D eigenvalue weighted by Gasteiger charge is -2.23. The van der Waals surface area contributed by atoms with Gasteiger partial charge in [-0.3, -0.25) is 0 Å². The third kappa shape index (κ3) is 3.73. The summed E-state index contributed by atoms with van der Waals surface area (Å²) in [7, 11) is -3.80. The predicted molar refractivity (Wildman–Crippen MR) is 92.1 cm³/mol. The number of sulfonamides is 1. The van der Waals surface area contributed by atoms with Crippen molar-refractivity contribution in [1.29, 1.82) is 0 Å². The first kappa shape index (κ1) is 18.0. The Kier molecular flexibility index (Phi) is 5.17. The van der Waals surface area contributed by atoms with Gasteiger partial charge in [-0.25, -0.2) is 12.8 Å². The highest BCUT2D eigenvalue weighted by molar-refractivity contribution is 7.89. The SMILES string of the molecule is CCN(Cc1ccc2c(c1)OCCO2)S(=O)(=O)c1ccc(F)c(Cl)c1. The highest BCUT2D eigenvalue weighted by Crippen LogP contribution is 2.32. The van der Waals surface area contributed by atoms with E-state index >= 15 is 0 Å². The molecule has 0 aromatic heterocycles. The molecule has 0 unspecified atom stereocenters. The van der Waals surface area contributed by atoms with Crippen LogP contribution in [0.15, 0.2) is 41.3 Å². The molecule has 0 bridgehead atoms. The van der Waals surface area contributed by atoms with Gasteiger partial charge in [0.1, 0.15) is 19.0 Å². The molecule has 0 aliphatic carbocycles. The van der Waals surface area contributed by atoms with Crippen LogP contribution in [0, 0.1) is 5.82 Å². The first-order chi connectivity index (χ1) is 11.9. The molecule has 1 aliphatic heterocycles. The van der Waals surface area contributed by atoms with E-state index in [1.165, 1.54) is 10.4 Å². The van der Waals surface area contributed by atoms with Crippen LogP contribution in [-0.4, -0.2) is 32.5 Å². The molecule has 1 aliphatic rings. The molecule has 0 radical (unpaired) electrons. The van der Waals surface area contributed by atoms with Crippen LogP contribution < -0.4 is 9.47 Å². The largest absolute Gasteiger partial charge is 0.486 e. The normalized spacial score (nSPS) is 13.9. The van der Waals surface area contributed by atoms with Gasteiger partial charge in [-0.15, -0.1) is 0 Å². The van der Waals surface area contributed by atoms with Gasteiger partial charge < -0.3 is 9.47 Å². The van der Waals surface area contributed by atoms with Crippen LogP contribution in [0.1, 0.15) is 12.5 Å². The summed E-state index contributed by atoms with van der Waals surface area (Å²) in [5.41, 5.74) is 0.767. The van der Waals surface area contributed by atoms with Crippen LogP contribution in [0.4, 0.5) is 4.39 Å². The summed E-state index contributed by atoms with van der Waals surface area (Å²) >= 11 is 5.72. The first-order valence-electron chi connectivity index (χ1n) is 7.75. The van der Waals surface area contributed by atoms with Gasteiger partial charge in [-0.1, -0.05) is 24.6 Å². The topological polar surface area (TPSA) is 55.8 Å². The number of nitrogens with zero attached hydrogens (tertiary/aromatic N) is 1. The van der Waals surface area contributed by atoms with Gasteiger partial charge in [0.2, 0.25) is 10.0 Å². The van der Waals surface area contributed by atoms with E-state index in [9.17, 15) is 12.8 Å². The Balaban J connectivity index is 1.87. The summed E-state index contributed by atoms with van der Waals surface area (Å²) in [5, 5.41) is -0.226. The molecule has 25 heavy (non-hydrogen) atoms. The van der Waals surface area contributed by atoms with Crippen molar-refractivity contribution in [3.63, 3.8) is 0 Å². The molecular weight excluding hydrogens is 369 g/mol. The van der Waals surface area contributed by atoms with Gasteiger partial charge in [0.05, 0.1) is 9.92 Å². The number of fused-ring (bicyclic) bond motifs is 1. The van der Waals surface area contributed by atoms with Crippen molar-refractivity contribution in [3.8, 4) is 11.5 Å². The van der Waals surface area contributed by atoms with Gasteiger partial charge in [-0.2, -0.15) is 4.31 Å². The third-order valence-electron chi connectivity index (χ3n) is 3.85. The van der Waals surface area contributed by atoms with E-state index in [0.717, 1.165) is 17.7 Å². The number of halogens is 2. The van der Waals surface area contributed by atoms with Crippen LogP contribution in [0.2, 0.25) is 5.02 Å². The molecule has 0 amide bonds. The minimum Gasteiger partial charge on any atom is -0.486 e. The fourth-order valence-electron chi connectivity index (χ4n) is 2.54. The van der Waals surface area contributed by atoms with Crippen molar-refractivity contribution >= 4 is 21.6 Å². The van der Waals surface area contributed by atoms with E-state index in [1.54, 1.807) is 25.1 Å². The van der Waals surface area contributed by atoms with E-state index in [0.29, 0.717) is 24.7 Å². The quantitative estimate of drug-likeness (QED) is 0.791. The highest BCUT2D eigenvalue weighted by Gasteiger charge is 2.25. The fourth-order valence-corrected chi connectivity index (χ4v) is 4.25. The molecule has 0 saturated heterocycles. The van der Waals surface area contributed by atoms with Crippen molar-refractivity contribution in [2.45, 2.75) is 18.4 Å². The van der Waals surface area contributed by atoms with Crippen molar-refractivity contribution in [3.05, 3.63) is 52.8 Å². The summed E-state index contributed by atoms with van der Waals surface area (Å²) in [5.74, 6) is 0.587. The van der Waals surface area contributed by atoms with Crippen molar-refractivity contribution in [2.24, 2.45) is 0 Å². The van der Waals surface area contributed by atoms with Crippen LogP contribution in [0.25, 0.3) is 0 Å². The van der Waals surface area contributed by atoms with Crippen molar-refractivity contribution in [2.75, 3.05) is 19.8 Å². The monoisotopic (exact) mass is 385 g/mol. The molecule has 0 fully saturated rings. The van der Waals surface area contributed by atoms with Crippen LogP contribution >= 0.6 is 11.6 Å². The summed E-state index contributed by atoms with van der Waals surface area (Å²) < 4.78 is 51.2. The van der Waals surface area contributed by atoms with Crippen LogP contribution in [-0.2, 0) is 16.6 Å². The second-order valence-corrected chi connectivity index (χ2v) is 7.83. The lowest BCUT2D eigenvalue weighted by Crippen LogP contribution is -2.30. The molecule has 0 spiro atoms. The lowest BCUT2D eigenvalue weighted by molar-refractivity contribution is 0.171. The zero-order valence-corrected chi connectivity index (χ0v) is 15.1. The first-order valence-corrected chi connectivity index (χ1v) is 9.57. The zero-order valence-electron chi connectivity index (χ0n) is 13.5. The summed E-state index contributed by atoms with van der Waals surface area (Å²) in [4.78, 5) is -0.0432. The van der Waals surface area contributed by atoms with E-state index in [2.05, 4.69) is 0 Å². The number of hydrogen-bond acceptors (Lipinski definition) is 4. The highest BCUT2D eigenvalue weighted by atomic mass is 35.5.